The molecule has 0 aliphatic carbocycles. The van der Waals surface area contributed by atoms with Crippen molar-refractivity contribution in [2.45, 2.75) is 38.5 Å². The normalized spacial score (nSPS) is 17.2. The Hall–Kier alpha value is -0.810. The number of rotatable bonds is 6. The molecule has 1 fully saturated rings. The van der Waals surface area contributed by atoms with E-state index < -0.39 is 0 Å². The molecule has 112 valence electrons. The van der Waals surface area contributed by atoms with Gasteiger partial charge in [0.05, 0.1) is 14.2 Å². The van der Waals surface area contributed by atoms with Crippen molar-refractivity contribution in [3.8, 4) is 0 Å². The van der Waals surface area contributed by atoms with Gasteiger partial charge in [0.1, 0.15) is 0 Å². The molecule has 1 aliphatic rings. The van der Waals surface area contributed by atoms with Gasteiger partial charge in [-0.25, -0.2) is 0 Å². The van der Waals surface area contributed by atoms with Crippen LogP contribution in [0.4, 0.5) is 0 Å². The summed E-state index contributed by atoms with van der Waals surface area (Å²) in [5.41, 5.74) is 0.0770. The Balaban J connectivity index is 0.00000324. The van der Waals surface area contributed by atoms with E-state index in [9.17, 15) is 9.59 Å². The highest BCUT2D eigenvalue weighted by atomic mass is 35.5. The molecule has 0 atom stereocenters. The van der Waals surface area contributed by atoms with E-state index >= 15 is 0 Å². The van der Waals surface area contributed by atoms with Crippen LogP contribution in [0.2, 0.25) is 0 Å². The zero-order chi connectivity index (χ0) is 13.4. The van der Waals surface area contributed by atoms with Gasteiger partial charge in [0.25, 0.3) is 0 Å². The van der Waals surface area contributed by atoms with E-state index in [1.165, 1.54) is 14.2 Å². The molecule has 1 aliphatic heterocycles. The Morgan fingerprint density at radius 2 is 1.42 bits per heavy atom. The summed E-state index contributed by atoms with van der Waals surface area (Å²) >= 11 is 0. The van der Waals surface area contributed by atoms with Crippen molar-refractivity contribution in [2.75, 3.05) is 27.3 Å². The topological polar surface area (TPSA) is 64.6 Å². The van der Waals surface area contributed by atoms with Gasteiger partial charge in [0.15, 0.2) is 0 Å². The molecule has 0 amide bonds. The molecule has 1 rings (SSSR count). The average Bonchev–Trinajstić information content (AvgIpc) is 2.43. The number of piperidine rings is 1. The van der Waals surface area contributed by atoms with E-state index in [0.29, 0.717) is 12.8 Å². The van der Waals surface area contributed by atoms with E-state index in [4.69, 9.17) is 0 Å². The van der Waals surface area contributed by atoms with Gasteiger partial charge >= 0.3 is 11.9 Å². The molecule has 1 saturated heterocycles. The maximum Gasteiger partial charge on any atom is 0.305 e. The van der Waals surface area contributed by atoms with Gasteiger partial charge in [0, 0.05) is 12.8 Å². The number of ether oxygens (including phenoxy) is 2. The molecule has 19 heavy (non-hydrogen) atoms. The number of hydrogen-bond donors (Lipinski definition) is 1. The maximum atomic E-state index is 11.3. The highest BCUT2D eigenvalue weighted by Gasteiger charge is 2.32. The van der Waals surface area contributed by atoms with E-state index in [2.05, 4.69) is 14.8 Å². The fraction of sp³-hybridized carbons (Fsp3) is 0.846. The minimum atomic E-state index is -0.175. The second-order valence-corrected chi connectivity index (χ2v) is 4.90. The Morgan fingerprint density at radius 1 is 1.00 bits per heavy atom. The van der Waals surface area contributed by atoms with Gasteiger partial charge in [-0.1, -0.05) is 0 Å². The number of carbonyl (C=O) groups excluding carboxylic acids is 2. The van der Waals surface area contributed by atoms with Gasteiger partial charge in [0.2, 0.25) is 0 Å². The Bertz CT molecular complexity index is 268. The van der Waals surface area contributed by atoms with Crippen LogP contribution in [-0.2, 0) is 19.1 Å². The van der Waals surface area contributed by atoms with Crippen LogP contribution in [0, 0.1) is 5.41 Å². The number of methoxy groups -OCH3 is 2. The minimum Gasteiger partial charge on any atom is -0.469 e. The maximum absolute atomic E-state index is 11.3. The lowest BCUT2D eigenvalue weighted by molar-refractivity contribution is -0.141. The lowest BCUT2D eigenvalue weighted by atomic mass is 9.72. The molecule has 0 radical (unpaired) electrons. The minimum absolute atomic E-state index is 0. The van der Waals surface area contributed by atoms with Crippen molar-refractivity contribution in [3.63, 3.8) is 0 Å². The molecule has 1 heterocycles. The molecule has 0 spiro atoms. The molecule has 0 aromatic heterocycles. The smallest absolute Gasteiger partial charge is 0.305 e. The predicted octanol–water partition coefficient (Wildman–Crippen LogP) is 1.68. The predicted molar refractivity (Wildman–Crippen MR) is 74.3 cm³/mol. The van der Waals surface area contributed by atoms with Gasteiger partial charge in [-0.05, 0) is 44.2 Å². The Morgan fingerprint density at radius 3 is 1.79 bits per heavy atom. The van der Waals surface area contributed by atoms with E-state index in [-0.39, 0.29) is 29.8 Å². The first-order chi connectivity index (χ1) is 8.62. The van der Waals surface area contributed by atoms with E-state index in [0.717, 1.165) is 38.8 Å². The van der Waals surface area contributed by atoms with Crippen LogP contribution in [0.1, 0.15) is 38.5 Å². The van der Waals surface area contributed by atoms with Crippen molar-refractivity contribution in [3.05, 3.63) is 0 Å². The number of carbonyl (C=O) groups is 2. The van der Waals surface area contributed by atoms with Crippen LogP contribution >= 0.6 is 12.4 Å². The quantitative estimate of drug-likeness (QED) is 0.755. The van der Waals surface area contributed by atoms with Gasteiger partial charge in [-0.2, -0.15) is 0 Å². The molecule has 5 nitrogen and oxygen atoms in total. The fourth-order valence-corrected chi connectivity index (χ4v) is 2.52. The van der Waals surface area contributed by atoms with Gasteiger partial charge in [-0.3, -0.25) is 9.59 Å². The monoisotopic (exact) mass is 293 g/mol. The molecule has 0 unspecified atom stereocenters. The summed E-state index contributed by atoms with van der Waals surface area (Å²) in [7, 11) is 2.82. The average molecular weight is 294 g/mol. The highest BCUT2D eigenvalue weighted by Crippen LogP contribution is 2.38. The van der Waals surface area contributed by atoms with Crippen molar-refractivity contribution < 1.29 is 19.1 Å². The van der Waals surface area contributed by atoms with Crippen LogP contribution < -0.4 is 5.32 Å². The zero-order valence-electron chi connectivity index (χ0n) is 11.7. The van der Waals surface area contributed by atoms with Crippen LogP contribution in [-0.4, -0.2) is 39.2 Å². The first kappa shape index (κ1) is 18.2. The Kier molecular flexibility index (Phi) is 8.76. The second-order valence-electron chi connectivity index (χ2n) is 4.90. The van der Waals surface area contributed by atoms with Crippen molar-refractivity contribution in [1.29, 1.82) is 0 Å². The standard InChI is InChI=1S/C13H23NO4.ClH/c1-17-11(15)3-5-13(6-4-12(16)18-2)7-9-14-10-8-13;/h14H,3-10H2,1-2H3;1H. The van der Waals surface area contributed by atoms with Crippen molar-refractivity contribution in [1.82, 2.24) is 5.32 Å². The largest absolute Gasteiger partial charge is 0.469 e. The third-order valence-corrected chi connectivity index (χ3v) is 3.84. The number of hydrogen-bond acceptors (Lipinski definition) is 5. The second kappa shape index (κ2) is 9.15. The highest BCUT2D eigenvalue weighted by molar-refractivity contribution is 5.85. The molecule has 6 heteroatoms. The lowest BCUT2D eigenvalue weighted by Crippen LogP contribution is -2.37. The first-order valence-electron chi connectivity index (χ1n) is 6.46. The number of halogens is 1. The van der Waals surface area contributed by atoms with Crippen molar-refractivity contribution in [2.24, 2.45) is 5.41 Å². The number of nitrogens with one attached hydrogen (secondary N) is 1. The van der Waals surface area contributed by atoms with Gasteiger partial charge < -0.3 is 14.8 Å². The summed E-state index contributed by atoms with van der Waals surface area (Å²) in [5.74, 6) is -0.350. The molecular formula is C13H24ClNO4. The first-order valence-corrected chi connectivity index (χ1v) is 6.46. The van der Waals surface area contributed by atoms with E-state index in [1.807, 2.05) is 0 Å². The van der Waals surface area contributed by atoms with Crippen LogP contribution in [0.15, 0.2) is 0 Å². The van der Waals surface area contributed by atoms with Crippen LogP contribution in [0.3, 0.4) is 0 Å². The summed E-state index contributed by atoms with van der Waals surface area (Å²) in [4.78, 5) is 22.5. The third kappa shape index (κ3) is 6.25. The summed E-state index contributed by atoms with van der Waals surface area (Å²) in [6.45, 7) is 1.89. The summed E-state index contributed by atoms with van der Waals surface area (Å²) in [6.07, 6.45) is 4.44. The van der Waals surface area contributed by atoms with Gasteiger partial charge in [-0.15, -0.1) is 12.4 Å². The molecule has 1 N–H and O–H groups in total. The molecule has 0 aromatic carbocycles. The van der Waals surface area contributed by atoms with E-state index in [1.54, 1.807) is 0 Å². The summed E-state index contributed by atoms with van der Waals surface area (Å²) in [6, 6.07) is 0. The van der Waals surface area contributed by atoms with Crippen LogP contribution in [0.25, 0.3) is 0 Å². The van der Waals surface area contributed by atoms with Crippen molar-refractivity contribution >= 4 is 24.3 Å². The van der Waals surface area contributed by atoms with Crippen LogP contribution in [0.5, 0.6) is 0 Å². The zero-order valence-corrected chi connectivity index (χ0v) is 12.5. The summed E-state index contributed by atoms with van der Waals surface area (Å²) in [5, 5.41) is 3.31. The fourth-order valence-electron chi connectivity index (χ4n) is 2.52. The third-order valence-electron chi connectivity index (χ3n) is 3.84. The molecule has 0 aromatic rings. The Labute approximate surface area is 120 Å². The molecule has 0 saturated carbocycles. The SMILES string of the molecule is COC(=O)CCC1(CCC(=O)OC)CCNCC1.Cl. The molecule has 0 bridgehead atoms. The lowest BCUT2D eigenvalue weighted by Gasteiger charge is -2.37. The number of esters is 2. The molecular weight excluding hydrogens is 270 g/mol. The summed E-state index contributed by atoms with van der Waals surface area (Å²) < 4.78 is 9.37.